The number of aliphatic hydroxyl groups is 1. The average Bonchev–Trinajstić information content (AvgIpc) is 2.52. The molecule has 0 spiro atoms. The molecule has 1 aliphatic rings. The highest BCUT2D eigenvalue weighted by atomic mass is 35.5. The van der Waals surface area contributed by atoms with Crippen molar-refractivity contribution in [1.29, 1.82) is 0 Å². The fourth-order valence-corrected chi connectivity index (χ4v) is 2.80. The first kappa shape index (κ1) is 17.1. The lowest BCUT2D eigenvalue weighted by atomic mass is 9.99. The first-order chi connectivity index (χ1) is 10.7. The summed E-state index contributed by atoms with van der Waals surface area (Å²) in [6, 6.07) is 7.18. The van der Waals surface area contributed by atoms with Crippen molar-refractivity contribution in [2.24, 2.45) is 5.92 Å². The molecule has 0 aliphatic carbocycles. The molecule has 1 heterocycles. The van der Waals surface area contributed by atoms with Gasteiger partial charge in [0.2, 0.25) is 5.91 Å². The minimum atomic E-state index is -0.00622. The lowest BCUT2D eigenvalue weighted by Gasteiger charge is -2.31. The van der Waals surface area contributed by atoms with Crippen LogP contribution in [0.4, 0.5) is 0 Å². The summed E-state index contributed by atoms with van der Waals surface area (Å²) in [5.74, 6) is 0.990. The van der Waals surface area contributed by atoms with E-state index in [1.807, 2.05) is 12.1 Å². The van der Waals surface area contributed by atoms with Crippen LogP contribution < -0.4 is 10.1 Å². The van der Waals surface area contributed by atoms with Gasteiger partial charge in [0.15, 0.2) is 0 Å². The van der Waals surface area contributed by atoms with Crippen molar-refractivity contribution in [1.82, 2.24) is 10.2 Å². The van der Waals surface area contributed by atoms with Gasteiger partial charge in [0.25, 0.3) is 0 Å². The molecule has 1 fully saturated rings. The molecule has 1 saturated heterocycles. The van der Waals surface area contributed by atoms with Gasteiger partial charge in [-0.15, -0.1) is 0 Å². The molecule has 1 amide bonds. The standard InChI is InChI=1S/C16H23ClN2O3/c17-14-4-1-5-15(9-14)22-8-6-18-16(21)11-19-7-2-3-13(10-19)12-20/h1,4-5,9,13,20H,2-3,6-8,10-12H2,(H,18,21)/t13-/m1/s1. The van der Waals surface area contributed by atoms with E-state index >= 15 is 0 Å². The molecule has 122 valence electrons. The number of carbonyl (C=O) groups excluding carboxylic acids is 1. The summed E-state index contributed by atoms with van der Waals surface area (Å²) in [5.41, 5.74) is 0. The zero-order valence-corrected chi connectivity index (χ0v) is 13.4. The van der Waals surface area contributed by atoms with Crippen LogP contribution in [0.3, 0.4) is 0 Å². The van der Waals surface area contributed by atoms with Crippen molar-refractivity contribution in [3.8, 4) is 5.75 Å². The number of nitrogens with zero attached hydrogens (tertiary/aromatic N) is 1. The van der Waals surface area contributed by atoms with Crippen molar-refractivity contribution in [2.75, 3.05) is 39.4 Å². The molecular formula is C16H23ClN2O3. The number of ether oxygens (including phenoxy) is 1. The van der Waals surface area contributed by atoms with Crippen LogP contribution >= 0.6 is 11.6 Å². The summed E-state index contributed by atoms with van der Waals surface area (Å²) in [4.78, 5) is 14.0. The fourth-order valence-electron chi connectivity index (χ4n) is 2.62. The Morgan fingerprint density at radius 1 is 1.50 bits per heavy atom. The van der Waals surface area contributed by atoms with Crippen molar-refractivity contribution < 1.29 is 14.6 Å². The van der Waals surface area contributed by atoms with E-state index in [0.29, 0.717) is 36.4 Å². The Bertz CT molecular complexity index is 484. The summed E-state index contributed by atoms with van der Waals surface area (Å²) < 4.78 is 5.52. The van der Waals surface area contributed by atoms with Gasteiger partial charge in [0.1, 0.15) is 12.4 Å². The highest BCUT2D eigenvalue weighted by molar-refractivity contribution is 6.30. The Kier molecular flexibility index (Phi) is 6.96. The number of hydrogen-bond donors (Lipinski definition) is 2. The molecule has 0 radical (unpaired) electrons. The quantitative estimate of drug-likeness (QED) is 0.746. The minimum absolute atomic E-state index is 0.00622. The second-order valence-corrected chi connectivity index (χ2v) is 6.02. The van der Waals surface area contributed by atoms with Crippen molar-refractivity contribution in [2.45, 2.75) is 12.8 Å². The Balaban J connectivity index is 1.61. The second kappa shape index (κ2) is 8.98. The number of amides is 1. The van der Waals surface area contributed by atoms with E-state index in [-0.39, 0.29) is 12.5 Å². The predicted molar refractivity (Wildman–Crippen MR) is 86.2 cm³/mol. The Labute approximate surface area is 136 Å². The van der Waals surface area contributed by atoms with Crippen LogP contribution in [-0.2, 0) is 4.79 Å². The number of aliphatic hydroxyl groups excluding tert-OH is 1. The van der Waals surface area contributed by atoms with E-state index in [0.717, 1.165) is 25.9 Å². The van der Waals surface area contributed by atoms with Gasteiger partial charge in [0, 0.05) is 18.2 Å². The molecule has 6 heteroatoms. The van der Waals surface area contributed by atoms with Crippen LogP contribution in [0, 0.1) is 5.92 Å². The normalized spacial score (nSPS) is 18.9. The number of rotatable bonds is 7. The summed E-state index contributed by atoms with van der Waals surface area (Å²) >= 11 is 5.87. The summed E-state index contributed by atoms with van der Waals surface area (Å²) in [6.07, 6.45) is 2.08. The highest BCUT2D eigenvalue weighted by Crippen LogP contribution is 2.17. The number of halogens is 1. The molecule has 22 heavy (non-hydrogen) atoms. The van der Waals surface area contributed by atoms with Crippen molar-refractivity contribution >= 4 is 17.5 Å². The van der Waals surface area contributed by atoms with Crippen LogP contribution in [-0.4, -0.2) is 55.3 Å². The molecule has 1 aliphatic heterocycles. The predicted octanol–water partition coefficient (Wildman–Crippen LogP) is 1.54. The Morgan fingerprint density at radius 3 is 3.14 bits per heavy atom. The van der Waals surface area contributed by atoms with Crippen LogP contribution in [0.5, 0.6) is 5.75 Å². The topological polar surface area (TPSA) is 61.8 Å². The number of likely N-dealkylation sites (tertiary alicyclic amines) is 1. The Hall–Kier alpha value is -1.30. The van der Waals surface area contributed by atoms with Gasteiger partial charge in [-0.05, 0) is 43.5 Å². The fraction of sp³-hybridized carbons (Fsp3) is 0.562. The van der Waals surface area contributed by atoms with Crippen molar-refractivity contribution in [3.05, 3.63) is 29.3 Å². The van der Waals surface area contributed by atoms with E-state index in [4.69, 9.17) is 16.3 Å². The van der Waals surface area contributed by atoms with Gasteiger partial charge < -0.3 is 15.2 Å². The lowest BCUT2D eigenvalue weighted by molar-refractivity contribution is -0.122. The molecule has 0 unspecified atom stereocenters. The van der Waals surface area contributed by atoms with Gasteiger partial charge >= 0.3 is 0 Å². The third kappa shape index (κ3) is 5.83. The number of carbonyl (C=O) groups is 1. The highest BCUT2D eigenvalue weighted by Gasteiger charge is 2.20. The molecule has 1 aromatic carbocycles. The van der Waals surface area contributed by atoms with Gasteiger partial charge in [-0.2, -0.15) is 0 Å². The molecule has 2 rings (SSSR count). The van der Waals surface area contributed by atoms with E-state index in [1.165, 1.54) is 0 Å². The maximum atomic E-state index is 11.9. The number of piperidine rings is 1. The second-order valence-electron chi connectivity index (χ2n) is 5.58. The van der Waals surface area contributed by atoms with Gasteiger partial charge in [-0.25, -0.2) is 0 Å². The average molecular weight is 327 g/mol. The summed E-state index contributed by atoms with van der Waals surface area (Å²) in [7, 11) is 0. The van der Waals surface area contributed by atoms with E-state index in [2.05, 4.69) is 10.2 Å². The van der Waals surface area contributed by atoms with E-state index < -0.39 is 0 Å². The molecular weight excluding hydrogens is 304 g/mol. The smallest absolute Gasteiger partial charge is 0.234 e. The third-order valence-electron chi connectivity index (χ3n) is 3.72. The number of benzene rings is 1. The zero-order valence-electron chi connectivity index (χ0n) is 12.6. The monoisotopic (exact) mass is 326 g/mol. The van der Waals surface area contributed by atoms with Gasteiger partial charge in [-0.1, -0.05) is 17.7 Å². The van der Waals surface area contributed by atoms with Crippen LogP contribution in [0.1, 0.15) is 12.8 Å². The first-order valence-corrected chi connectivity index (χ1v) is 8.03. The van der Waals surface area contributed by atoms with Crippen LogP contribution in [0.25, 0.3) is 0 Å². The largest absolute Gasteiger partial charge is 0.492 e. The van der Waals surface area contributed by atoms with Crippen molar-refractivity contribution in [3.63, 3.8) is 0 Å². The molecule has 1 atom stereocenters. The maximum absolute atomic E-state index is 11.9. The van der Waals surface area contributed by atoms with Crippen LogP contribution in [0.15, 0.2) is 24.3 Å². The molecule has 0 aromatic heterocycles. The summed E-state index contributed by atoms with van der Waals surface area (Å²) in [6.45, 7) is 3.17. The van der Waals surface area contributed by atoms with E-state index in [9.17, 15) is 9.90 Å². The van der Waals surface area contributed by atoms with Gasteiger partial charge in [-0.3, -0.25) is 9.69 Å². The Morgan fingerprint density at radius 2 is 2.36 bits per heavy atom. The molecule has 2 N–H and O–H groups in total. The molecule has 0 saturated carbocycles. The SMILES string of the molecule is O=C(CN1CCC[C@@H](CO)C1)NCCOc1cccc(Cl)c1. The third-order valence-corrected chi connectivity index (χ3v) is 3.95. The van der Waals surface area contributed by atoms with E-state index in [1.54, 1.807) is 12.1 Å². The maximum Gasteiger partial charge on any atom is 0.234 e. The van der Waals surface area contributed by atoms with Gasteiger partial charge in [0.05, 0.1) is 13.1 Å². The molecule has 1 aromatic rings. The summed E-state index contributed by atoms with van der Waals surface area (Å²) in [5, 5.41) is 12.7. The number of nitrogens with one attached hydrogen (secondary N) is 1. The first-order valence-electron chi connectivity index (χ1n) is 7.65. The number of hydrogen-bond acceptors (Lipinski definition) is 4. The zero-order chi connectivity index (χ0) is 15.8. The molecule has 0 bridgehead atoms. The lowest BCUT2D eigenvalue weighted by Crippen LogP contribution is -2.43. The van der Waals surface area contributed by atoms with Crippen LogP contribution in [0.2, 0.25) is 5.02 Å². The molecule has 5 nitrogen and oxygen atoms in total. The minimum Gasteiger partial charge on any atom is -0.492 e.